The van der Waals surface area contributed by atoms with Crippen molar-refractivity contribution < 1.29 is 9.53 Å². The van der Waals surface area contributed by atoms with Crippen LogP contribution in [0.5, 0.6) is 0 Å². The Morgan fingerprint density at radius 2 is 2.07 bits per heavy atom. The van der Waals surface area contributed by atoms with E-state index in [1.807, 2.05) is 27.7 Å². The van der Waals surface area contributed by atoms with Crippen molar-refractivity contribution >= 4 is 6.09 Å². The first kappa shape index (κ1) is 12.8. The van der Waals surface area contributed by atoms with Gasteiger partial charge < -0.3 is 14.5 Å². The number of amides is 1. The molecule has 4 heteroatoms. The summed E-state index contributed by atoms with van der Waals surface area (Å²) < 4.78 is 5.15. The average Bonchev–Trinajstić information content (AvgIpc) is 2.00. The molecule has 0 radical (unpaired) electrons. The number of ether oxygens (including phenoxy) is 1. The van der Waals surface area contributed by atoms with Gasteiger partial charge in [-0.1, -0.05) is 0 Å². The molecule has 0 aromatic carbocycles. The predicted octanol–water partition coefficient (Wildman–Crippen LogP) is 2.16. The molecule has 0 saturated carbocycles. The van der Waals surface area contributed by atoms with Gasteiger partial charge in [0.1, 0.15) is 11.6 Å². The van der Waals surface area contributed by atoms with Crippen LogP contribution in [0, 0.1) is 6.57 Å². The fraction of sp³-hybridized carbons (Fsp3) is 0.800. The number of likely N-dealkylation sites (N-methyl/N-ethyl adjacent to an activating group) is 1. The molecule has 0 rings (SSSR count). The topological polar surface area (TPSA) is 33.9 Å². The van der Waals surface area contributed by atoms with E-state index in [-0.39, 0.29) is 12.1 Å². The minimum atomic E-state index is -0.483. The number of rotatable bonds is 2. The van der Waals surface area contributed by atoms with Gasteiger partial charge in [0.05, 0.1) is 0 Å². The third-order valence-electron chi connectivity index (χ3n) is 1.70. The lowest BCUT2D eigenvalue weighted by Gasteiger charge is -2.26. The molecule has 1 atom stereocenters. The van der Waals surface area contributed by atoms with Crippen LogP contribution in [0.2, 0.25) is 0 Å². The summed E-state index contributed by atoms with van der Waals surface area (Å²) in [5, 5.41) is 0. The molecule has 0 heterocycles. The van der Waals surface area contributed by atoms with E-state index in [0.29, 0.717) is 6.54 Å². The number of carbonyl (C=O) groups is 1. The molecule has 80 valence electrons. The highest BCUT2D eigenvalue weighted by Gasteiger charge is 2.23. The molecule has 0 aromatic rings. The number of hydrogen-bond donors (Lipinski definition) is 0. The summed E-state index contributed by atoms with van der Waals surface area (Å²) in [5.41, 5.74) is -0.483. The van der Waals surface area contributed by atoms with Gasteiger partial charge in [0, 0.05) is 7.05 Å². The minimum absolute atomic E-state index is 0.109. The first-order valence-corrected chi connectivity index (χ1v) is 4.57. The molecular formula is C10H18N2O2. The van der Waals surface area contributed by atoms with Crippen LogP contribution in [0.3, 0.4) is 0 Å². The smallest absolute Gasteiger partial charge is 0.410 e. The molecule has 1 unspecified atom stereocenters. The van der Waals surface area contributed by atoms with Crippen molar-refractivity contribution in [2.24, 2.45) is 0 Å². The Kier molecular flexibility index (Phi) is 4.42. The van der Waals surface area contributed by atoms with Gasteiger partial charge in [-0.2, -0.15) is 0 Å². The molecule has 0 saturated heterocycles. The Morgan fingerprint density at radius 3 is 2.43 bits per heavy atom. The fourth-order valence-electron chi connectivity index (χ4n) is 0.768. The van der Waals surface area contributed by atoms with Gasteiger partial charge in [0.2, 0.25) is 6.54 Å². The third-order valence-corrected chi connectivity index (χ3v) is 1.70. The minimum Gasteiger partial charge on any atom is -0.444 e. The normalized spacial score (nSPS) is 12.9. The zero-order valence-electron chi connectivity index (χ0n) is 9.50. The molecule has 14 heavy (non-hydrogen) atoms. The Morgan fingerprint density at radius 1 is 1.57 bits per heavy atom. The van der Waals surface area contributed by atoms with E-state index >= 15 is 0 Å². The van der Waals surface area contributed by atoms with E-state index in [1.54, 1.807) is 7.05 Å². The van der Waals surface area contributed by atoms with E-state index in [0.717, 1.165) is 0 Å². The molecule has 0 N–H and O–H groups in total. The van der Waals surface area contributed by atoms with Crippen molar-refractivity contribution in [2.75, 3.05) is 13.6 Å². The zero-order valence-corrected chi connectivity index (χ0v) is 9.50. The summed E-state index contributed by atoms with van der Waals surface area (Å²) in [4.78, 5) is 16.2. The molecule has 0 aliphatic rings. The predicted molar refractivity (Wildman–Crippen MR) is 54.9 cm³/mol. The fourth-order valence-corrected chi connectivity index (χ4v) is 0.768. The lowest BCUT2D eigenvalue weighted by atomic mass is 10.2. The van der Waals surface area contributed by atoms with E-state index in [2.05, 4.69) is 4.85 Å². The van der Waals surface area contributed by atoms with E-state index in [9.17, 15) is 4.79 Å². The van der Waals surface area contributed by atoms with E-state index < -0.39 is 5.60 Å². The highest BCUT2D eigenvalue weighted by atomic mass is 16.6. The lowest BCUT2D eigenvalue weighted by Crippen LogP contribution is -2.40. The Labute approximate surface area is 85.7 Å². The highest BCUT2D eigenvalue weighted by molar-refractivity contribution is 5.68. The quantitative estimate of drug-likeness (QED) is 0.637. The summed E-state index contributed by atoms with van der Waals surface area (Å²) in [6.45, 7) is 14.3. The SMILES string of the molecule is [C-]#[N+]CC(C)N(C)C(=O)OC(C)(C)C. The van der Waals surface area contributed by atoms with Crippen molar-refractivity contribution in [3.63, 3.8) is 0 Å². The second kappa shape index (κ2) is 4.85. The summed E-state index contributed by atoms with van der Waals surface area (Å²) in [6.07, 6.45) is -0.381. The van der Waals surface area contributed by atoms with Crippen LogP contribution in [0.15, 0.2) is 0 Å². The molecule has 0 aliphatic carbocycles. The van der Waals surface area contributed by atoms with Gasteiger partial charge >= 0.3 is 6.09 Å². The second-order valence-corrected chi connectivity index (χ2v) is 4.28. The first-order chi connectivity index (χ1) is 6.28. The first-order valence-electron chi connectivity index (χ1n) is 4.57. The molecule has 4 nitrogen and oxygen atoms in total. The van der Waals surface area contributed by atoms with Crippen LogP contribution in [0.4, 0.5) is 4.79 Å². The monoisotopic (exact) mass is 198 g/mol. The van der Waals surface area contributed by atoms with Crippen molar-refractivity contribution in [2.45, 2.75) is 39.3 Å². The zero-order chi connectivity index (χ0) is 11.4. The Hall–Kier alpha value is -1.24. The highest BCUT2D eigenvalue weighted by Crippen LogP contribution is 2.10. The van der Waals surface area contributed by atoms with Crippen LogP contribution in [-0.2, 0) is 4.74 Å². The maximum absolute atomic E-state index is 11.5. The van der Waals surface area contributed by atoms with Crippen molar-refractivity contribution in [1.29, 1.82) is 0 Å². The third kappa shape index (κ3) is 4.70. The van der Waals surface area contributed by atoms with E-state index in [1.165, 1.54) is 4.90 Å². The summed E-state index contributed by atoms with van der Waals surface area (Å²) in [7, 11) is 1.64. The van der Waals surface area contributed by atoms with Crippen molar-refractivity contribution in [1.82, 2.24) is 4.90 Å². The van der Waals surface area contributed by atoms with Crippen LogP contribution in [-0.4, -0.2) is 36.2 Å². The number of hydrogen-bond acceptors (Lipinski definition) is 2. The van der Waals surface area contributed by atoms with Gasteiger partial charge in [0.15, 0.2) is 0 Å². The summed E-state index contributed by atoms with van der Waals surface area (Å²) >= 11 is 0. The van der Waals surface area contributed by atoms with Crippen LogP contribution >= 0.6 is 0 Å². The molecule has 0 bridgehead atoms. The maximum atomic E-state index is 11.5. The van der Waals surface area contributed by atoms with Crippen molar-refractivity contribution in [3.8, 4) is 0 Å². The lowest BCUT2D eigenvalue weighted by molar-refractivity contribution is 0.0247. The van der Waals surface area contributed by atoms with Gasteiger partial charge in [-0.05, 0) is 27.7 Å². The maximum Gasteiger partial charge on any atom is 0.410 e. The van der Waals surface area contributed by atoms with Gasteiger partial charge in [-0.3, -0.25) is 0 Å². The van der Waals surface area contributed by atoms with Gasteiger partial charge in [-0.15, -0.1) is 0 Å². The van der Waals surface area contributed by atoms with Crippen LogP contribution < -0.4 is 0 Å². The molecule has 0 aliphatic heterocycles. The van der Waals surface area contributed by atoms with E-state index in [4.69, 9.17) is 11.3 Å². The molecule has 0 fully saturated rings. The van der Waals surface area contributed by atoms with Crippen LogP contribution in [0.25, 0.3) is 4.85 Å². The molecule has 0 aromatic heterocycles. The molecular weight excluding hydrogens is 180 g/mol. The number of nitrogens with zero attached hydrogens (tertiary/aromatic N) is 2. The second-order valence-electron chi connectivity index (χ2n) is 4.28. The number of carbonyl (C=O) groups excluding carboxylic acids is 1. The Balaban J connectivity index is 4.20. The van der Waals surface area contributed by atoms with Gasteiger partial charge in [-0.25, -0.2) is 11.4 Å². The van der Waals surface area contributed by atoms with Crippen LogP contribution in [0.1, 0.15) is 27.7 Å². The van der Waals surface area contributed by atoms with Crippen molar-refractivity contribution in [3.05, 3.63) is 11.4 Å². The molecule has 1 amide bonds. The standard InChI is InChI=1S/C10H18N2O2/c1-8(7-11-5)12(6)9(13)14-10(2,3)4/h8H,7H2,1-4,6H3. The average molecular weight is 198 g/mol. The van der Waals surface area contributed by atoms with Gasteiger partial charge in [0.25, 0.3) is 0 Å². The molecule has 0 spiro atoms. The Bertz CT molecular complexity index is 237. The largest absolute Gasteiger partial charge is 0.444 e. The summed E-state index contributed by atoms with van der Waals surface area (Å²) in [6, 6.07) is -0.109. The summed E-state index contributed by atoms with van der Waals surface area (Å²) in [5.74, 6) is 0.